The van der Waals surface area contributed by atoms with Gasteiger partial charge in [-0.05, 0) is 13.8 Å². The lowest BCUT2D eigenvalue weighted by Crippen LogP contribution is -2.45. The van der Waals surface area contributed by atoms with Crippen molar-refractivity contribution in [1.82, 2.24) is 4.98 Å². The third-order valence-electron chi connectivity index (χ3n) is 3.49. The second-order valence-corrected chi connectivity index (χ2v) is 6.36. The molecule has 0 bridgehead atoms. The smallest absolute Gasteiger partial charge is 0.186 e. The van der Waals surface area contributed by atoms with Crippen LogP contribution in [0.15, 0.2) is 30.3 Å². The largest absolute Gasteiger partial charge is 0.372 e. The molecule has 0 N–H and O–H groups in total. The minimum absolute atomic E-state index is 0.178. The molecule has 0 amide bonds. The highest BCUT2D eigenvalue weighted by atomic mass is 32.1. The van der Waals surface area contributed by atoms with Gasteiger partial charge in [-0.15, -0.1) is 0 Å². The van der Waals surface area contributed by atoms with Gasteiger partial charge >= 0.3 is 0 Å². The molecule has 0 radical (unpaired) electrons. The summed E-state index contributed by atoms with van der Waals surface area (Å²) in [5, 5.41) is 0.901. The summed E-state index contributed by atoms with van der Waals surface area (Å²) in [6.45, 7) is 5.75. The first kappa shape index (κ1) is 14.2. The van der Waals surface area contributed by atoms with Crippen molar-refractivity contribution in [3.63, 3.8) is 0 Å². The van der Waals surface area contributed by atoms with Gasteiger partial charge in [0.05, 0.1) is 22.8 Å². The Bertz CT molecular complexity index is 616. The van der Waals surface area contributed by atoms with Gasteiger partial charge in [-0.3, -0.25) is 4.79 Å². The monoisotopic (exact) mass is 302 g/mol. The highest BCUT2D eigenvalue weighted by Gasteiger charge is 2.25. The first-order chi connectivity index (χ1) is 10.2. The normalized spacial score (nSPS) is 22.3. The highest BCUT2D eigenvalue weighted by molar-refractivity contribution is 7.17. The van der Waals surface area contributed by atoms with E-state index in [1.54, 1.807) is 0 Å². The molecule has 1 aromatic carbocycles. The van der Waals surface area contributed by atoms with E-state index in [1.807, 2.05) is 30.3 Å². The second-order valence-electron chi connectivity index (χ2n) is 5.36. The van der Waals surface area contributed by atoms with E-state index in [9.17, 15) is 4.79 Å². The standard InChI is InChI=1S/C16H18N2O2S/c1-11-8-18(9-12(2)20-11)16-17-15(14(10-19)21-16)13-6-4-3-5-7-13/h3-7,10-12H,8-9H2,1-2H3/t11-,12+. The molecule has 2 heterocycles. The maximum Gasteiger partial charge on any atom is 0.186 e. The molecule has 5 heteroatoms. The lowest BCUT2D eigenvalue weighted by molar-refractivity contribution is -0.00522. The predicted molar refractivity (Wildman–Crippen MR) is 85.2 cm³/mol. The van der Waals surface area contributed by atoms with Crippen LogP contribution in [0, 0.1) is 0 Å². The van der Waals surface area contributed by atoms with E-state index in [0.717, 1.165) is 35.8 Å². The number of hydrogen-bond donors (Lipinski definition) is 0. The number of morpholine rings is 1. The molecular weight excluding hydrogens is 284 g/mol. The fraction of sp³-hybridized carbons (Fsp3) is 0.375. The topological polar surface area (TPSA) is 42.4 Å². The van der Waals surface area contributed by atoms with Crippen LogP contribution in [0.3, 0.4) is 0 Å². The number of aldehydes is 1. The Labute approximate surface area is 128 Å². The first-order valence-corrected chi connectivity index (χ1v) is 7.91. The van der Waals surface area contributed by atoms with Crippen LogP contribution in [-0.4, -0.2) is 36.6 Å². The fourth-order valence-electron chi connectivity index (χ4n) is 2.67. The second kappa shape index (κ2) is 5.95. The zero-order chi connectivity index (χ0) is 14.8. The van der Waals surface area contributed by atoms with Gasteiger partial charge in [0, 0.05) is 18.7 Å². The summed E-state index contributed by atoms with van der Waals surface area (Å²) < 4.78 is 5.75. The van der Waals surface area contributed by atoms with Gasteiger partial charge in [0.15, 0.2) is 11.4 Å². The van der Waals surface area contributed by atoms with Crippen LogP contribution in [0.2, 0.25) is 0 Å². The van der Waals surface area contributed by atoms with Gasteiger partial charge < -0.3 is 9.64 Å². The molecule has 1 aromatic heterocycles. The molecule has 1 aliphatic rings. The number of carbonyl (C=O) groups is 1. The molecule has 21 heavy (non-hydrogen) atoms. The molecule has 1 fully saturated rings. The molecule has 110 valence electrons. The molecule has 0 unspecified atom stereocenters. The van der Waals surface area contributed by atoms with Crippen LogP contribution in [0.4, 0.5) is 5.13 Å². The van der Waals surface area contributed by atoms with Gasteiger partial charge in [0.25, 0.3) is 0 Å². The predicted octanol–water partition coefficient (Wildman–Crippen LogP) is 3.24. The first-order valence-electron chi connectivity index (χ1n) is 7.09. The van der Waals surface area contributed by atoms with Crippen LogP contribution in [-0.2, 0) is 4.74 Å². The Hall–Kier alpha value is -1.72. The van der Waals surface area contributed by atoms with Gasteiger partial charge in [-0.2, -0.15) is 0 Å². The highest BCUT2D eigenvalue weighted by Crippen LogP contribution is 2.33. The van der Waals surface area contributed by atoms with Crippen LogP contribution in [0.5, 0.6) is 0 Å². The SMILES string of the molecule is C[C@@H]1CN(c2nc(-c3ccccc3)c(C=O)s2)C[C@H](C)O1. The van der Waals surface area contributed by atoms with E-state index < -0.39 is 0 Å². The van der Waals surface area contributed by atoms with Crippen LogP contribution in [0.1, 0.15) is 23.5 Å². The van der Waals surface area contributed by atoms with Crippen molar-refractivity contribution in [1.29, 1.82) is 0 Å². The maximum absolute atomic E-state index is 11.4. The summed E-state index contributed by atoms with van der Waals surface area (Å²) in [7, 11) is 0. The number of carbonyl (C=O) groups excluding carboxylic acids is 1. The van der Waals surface area contributed by atoms with Gasteiger partial charge in [0.1, 0.15) is 0 Å². The van der Waals surface area contributed by atoms with E-state index in [-0.39, 0.29) is 12.2 Å². The van der Waals surface area contributed by atoms with E-state index >= 15 is 0 Å². The van der Waals surface area contributed by atoms with E-state index in [4.69, 9.17) is 9.72 Å². The average Bonchev–Trinajstić information content (AvgIpc) is 2.91. The Morgan fingerprint density at radius 3 is 2.52 bits per heavy atom. The number of ether oxygens (including phenoxy) is 1. The Balaban J connectivity index is 1.94. The number of aromatic nitrogens is 1. The molecule has 2 aromatic rings. The average molecular weight is 302 g/mol. The van der Waals surface area contributed by atoms with E-state index in [2.05, 4.69) is 18.7 Å². The summed E-state index contributed by atoms with van der Waals surface area (Å²) in [6.07, 6.45) is 1.26. The van der Waals surface area contributed by atoms with Crippen molar-refractivity contribution >= 4 is 22.8 Å². The zero-order valence-electron chi connectivity index (χ0n) is 12.2. The van der Waals surface area contributed by atoms with Crippen LogP contribution < -0.4 is 4.90 Å². The van der Waals surface area contributed by atoms with Gasteiger partial charge in [0.2, 0.25) is 0 Å². The van der Waals surface area contributed by atoms with Crippen molar-refractivity contribution in [3.05, 3.63) is 35.2 Å². The molecule has 0 saturated carbocycles. The van der Waals surface area contributed by atoms with Gasteiger partial charge in [-0.25, -0.2) is 4.98 Å². The quantitative estimate of drug-likeness (QED) is 0.816. The van der Waals surface area contributed by atoms with E-state index in [0.29, 0.717) is 4.88 Å². The number of benzene rings is 1. The Morgan fingerprint density at radius 2 is 1.90 bits per heavy atom. The lowest BCUT2D eigenvalue weighted by Gasteiger charge is -2.35. The maximum atomic E-state index is 11.4. The Kier molecular flexibility index (Phi) is 4.03. The van der Waals surface area contributed by atoms with Crippen LogP contribution >= 0.6 is 11.3 Å². The Morgan fingerprint density at radius 1 is 1.24 bits per heavy atom. The molecule has 4 nitrogen and oxygen atoms in total. The summed E-state index contributed by atoms with van der Waals surface area (Å²) in [4.78, 5) is 18.9. The number of rotatable bonds is 3. The fourth-order valence-corrected chi connectivity index (χ4v) is 3.59. The summed E-state index contributed by atoms with van der Waals surface area (Å²) in [5.41, 5.74) is 1.76. The zero-order valence-corrected chi connectivity index (χ0v) is 13.0. The van der Waals surface area contributed by atoms with Crippen molar-refractivity contribution in [3.8, 4) is 11.3 Å². The third kappa shape index (κ3) is 2.99. The van der Waals surface area contributed by atoms with E-state index in [1.165, 1.54) is 11.3 Å². The number of hydrogen-bond acceptors (Lipinski definition) is 5. The molecule has 1 aliphatic heterocycles. The number of anilines is 1. The minimum atomic E-state index is 0.178. The van der Waals surface area contributed by atoms with Crippen molar-refractivity contribution in [2.24, 2.45) is 0 Å². The van der Waals surface area contributed by atoms with Crippen molar-refractivity contribution in [2.45, 2.75) is 26.1 Å². The summed E-state index contributed by atoms with van der Waals surface area (Å²) in [5.74, 6) is 0. The molecule has 0 spiro atoms. The van der Waals surface area contributed by atoms with Crippen molar-refractivity contribution < 1.29 is 9.53 Å². The summed E-state index contributed by atoms with van der Waals surface area (Å²) >= 11 is 1.46. The molecule has 1 saturated heterocycles. The van der Waals surface area contributed by atoms with Crippen molar-refractivity contribution in [2.75, 3.05) is 18.0 Å². The third-order valence-corrected chi connectivity index (χ3v) is 4.53. The van der Waals surface area contributed by atoms with Crippen LogP contribution in [0.25, 0.3) is 11.3 Å². The molecular formula is C16H18N2O2S. The molecule has 3 rings (SSSR count). The molecule has 0 aliphatic carbocycles. The van der Waals surface area contributed by atoms with Gasteiger partial charge in [-0.1, -0.05) is 41.7 Å². The number of thiazole rings is 1. The minimum Gasteiger partial charge on any atom is -0.372 e. The lowest BCUT2D eigenvalue weighted by atomic mass is 10.1. The summed E-state index contributed by atoms with van der Waals surface area (Å²) in [6, 6.07) is 9.85. The molecule has 2 atom stereocenters. The number of nitrogens with zero attached hydrogens (tertiary/aromatic N) is 2.